The molecule has 4 atom stereocenters. The van der Waals surface area contributed by atoms with Crippen LogP contribution in [-0.4, -0.2) is 36.0 Å². The van der Waals surface area contributed by atoms with Crippen LogP contribution in [0.4, 0.5) is 5.69 Å². The van der Waals surface area contributed by atoms with E-state index in [1.54, 1.807) is 30.4 Å². The number of aliphatic carboxylic acids is 1. The standard InChI is InChI=1S/C15H13NO6/c17-14(12-9-3-4-10(22-9)13(12)15(18)19)16-7-1-2-8-11(5-7)21-6-20-8/h1-5,9-10,12-13H,6H2,(H,16,17)(H,18,19)/t9-,10-,12+,13-/m0/s1. The molecule has 1 amide bonds. The normalized spacial score (nSPS) is 30.5. The van der Waals surface area contributed by atoms with Gasteiger partial charge in [-0.1, -0.05) is 12.2 Å². The van der Waals surface area contributed by atoms with E-state index in [-0.39, 0.29) is 12.7 Å². The molecule has 7 heteroatoms. The molecule has 3 aliphatic heterocycles. The van der Waals surface area contributed by atoms with Crippen LogP contribution in [0.25, 0.3) is 0 Å². The molecule has 0 aliphatic carbocycles. The number of carboxylic acid groups (broad SMARTS) is 1. The minimum Gasteiger partial charge on any atom is -0.481 e. The summed E-state index contributed by atoms with van der Waals surface area (Å²) in [5, 5.41) is 12.0. The highest BCUT2D eigenvalue weighted by atomic mass is 16.7. The number of hydrogen-bond acceptors (Lipinski definition) is 5. The van der Waals surface area contributed by atoms with Crippen molar-refractivity contribution in [1.29, 1.82) is 0 Å². The maximum absolute atomic E-state index is 12.5. The van der Waals surface area contributed by atoms with Gasteiger partial charge in [0.1, 0.15) is 5.92 Å². The molecule has 1 fully saturated rings. The fourth-order valence-corrected chi connectivity index (χ4v) is 3.11. The number of amides is 1. The van der Waals surface area contributed by atoms with Gasteiger partial charge in [-0.15, -0.1) is 0 Å². The van der Waals surface area contributed by atoms with Gasteiger partial charge in [0.05, 0.1) is 18.1 Å². The molecule has 0 spiro atoms. The van der Waals surface area contributed by atoms with Gasteiger partial charge >= 0.3 is 5.97 Å². The van der Waals surface area contributed by atoms with Crippen LogP contribution in [0.15, 0.2) is 30.4 Å². The number of carbonyl (C=O) groups excluding carboxylic acids is 1. The molecular formula is C15H13NO6. The third kappa shape index (κ3) is 1.93. The topological polar surface area (TPSA) is 94.1 Å². The zero-order chi connectivity index (χ0) is 15.3. The summed E-state index contributed by atoms with van der Waals surface area (Å²) in [5.41, 5.74) is 0.533. The van der Waals surface area contributed by atoms with Crippen molar-refractivity contribution in [3.63, 3.8) is 0 Å². The summed E-state index contributed by atoms with van der Waals surface area (Å²) in [6.45, 7) is 0.152. The number of ether oxygens (including phenoxy) is 3. The molecule has 1 aromatic rings. The molecule has 2 N–H and O–H groups in total. The van der Waals surface area contributed by atoms with E-state index in [9.17, 15) is 14.7 Å². The minimum atomic E-state index is -1.03. The van der Waals surface area contributed by atoms with Crippen molar-refractivity contribution in [2.75, 3.05) is 12.1 Å². The quantitative estimate of drug-likeness (QED) is 0.809. The van der Waals surface area contributed by atoms with Gasteiger partial charge in [0.15, 0.2) is 11.5 Å². The van der Waals surface area contributed by atoms with E-state index in [1.165, 1.54) is 0 Å². The molecule has 2 bridgehead atoms. The second-order valence-corrected chi connectivity index (χ2v) is 5.40. The third-order valence-electron chi connectivity index (χ3n) is 4.13. The van der Waals surface area contributed by atoms with Crippen LogP contribution in [0.3, 0.4) is 0 Å². The van der Waals surface area contributed by atoms with Crippen LogP contribution in [0.2, 0.25) is 0 Å². The van der Waals surface area contributed by atoms with E-state index in [1.807, 2.05) is 0 Å². The summed E-state index contributed by atoms with van der Waals surface area (Å²) >= 11 is 0. The average Bonchev–Trinajstić information content (AvgIpc) is 3.20. The second-order valence-electron chi connectivity index (χ2n) is 5.40. The van der Waals surface area contributed by atoms with Gasteiger partial charge in [0, 0.05) is 11.8 Å². The van der Waals surface area contributed by atoms with Crippen LogP contribution in [0, 0.1) is 11.8 Å². The van der Waals surface area contributed by atoms with Gasteiger partial charge in [-0.3, -0.25) is 9.59 Å². The largest absolute Gasteiger partial charge is 0.481 e. The predicted octanol–water partition coefficient (Wildman–Crippen LogP) is 1.01. The first kappa shape index (κ1) is 13.1. The lowest BCUT2D eigenvalue weighted by Gasteiger charge is -2.21. The summed E-state index contributed by atoms with van der Waals surface area (Å²) in [7, 11) is 0. The molecule has 3 heterocycles. The minimum absolute atomic E-state index is 0.152. The molecular weight excluding hydrogens is 290 g/mol. The van der Waals surface area contributed by atoms with Crippen molar-refractivity contribution >= 4 is 17.6 Å². The summed E-state index contributed by atoms with van der Waals surface area (Å²) in [6, 6.07) is 5.04. The lowest BCUT2D eigenvalue weighted by molar-refractivity contribution is -0.145. The van der Waals surface area contributed by atoms with Crippen molar-refractivity contribution in [1.82, 2.24) is 0 Å². The number of hydrogen-bond donors (Lipinski definition) is 2. The van der Waals surface area contributed by atoms with Crippen molar-refractivity contribution in [3.8, 4) is 11.5 Å². The number of carbonyl (C=O) groups is 2. The van der Waals surface area contributed by atoms with Crippen LogP contribution >= 0.6 is 0 Å². The zero-order valence-electron chi connectivity index (χ0n) is 11.4. The van der Waals surface area contributed by atoms with Crippen molar-refractivity contribution < 1.29 is 28.9 Å². The van der Waals surface area contributed by atoms with Crippen LogP contribution < -0.4 is 14.8 Å². The second kappa shape index (κ2) is 4.74. The number of benzene rings is 1. The first-order valence-corrected chi connectivity index (χ1v) is 6.90. The van der Waals surface area contributed by atoms with Gasteiger partial charge in [-0.05, 0) is 12.1 Å². The maximum atomic E-state index is 12.5. The monoisotopic (exact) mass is 303 g/mol. The smallest absolute Gasteiger partial charge is 0.310 e. The lowest BCUT2D eigenvalue weighted by atomic mass is 9.82. The van der Waals surface area contributed by atoms with Crippen molar-refractivity contribution in [3.05, 3.63) is 30.4 Å². The van der Waals surface area contributed by atoms with Crippen LogP contribution in [0.1, 0.15) is 0 Å². The molecule has 114 valence electrons. The Bertz CT molecular complexity index is 685. The first-order chi connectivity index (χ1) is 10.6. The fraction of sp³-hybridized carbons (Fsp3) is 0.333. The van der Waals surface area contributed by atoms with Gasteiger partial charge in [0.25, 0.3) is 0 Å². The summed E-state index contributed by atoms with van der Waals surface area (Å²) < 4.78 is 16.0. The highest BCUT2D eigenvalue weighted by Gasteiger charge is 2.53. The van der Waals surface area contributed by atoms with Crippen LogP contribution in [-0.2, 0) is 14.3 Å². The Hall–Kier alpha value is -2.54. The molecule has 0 aromatic heterocycles. The Kier molecular flexibility index (Phi) is 2.83. The molecule has 1 aromatic carbocycles. The molecule has 3 aliphatic rings. The fourth-order valence-electron chi connectivity index (χ4n) is 3.11. The van der Waals surface area contributed by atoms with Gasteiger partial charge in [-0.25, -0.2) is 0 Å². The Morgan fingerprint density at radius 2 is 1.82 bits per heavy atom. The molecule has 22 heavy (non-hydrogen) atoms. The van der Waals surface area contributed by atoms with Gasteiger partial charge < -0.3 is 24.6 Å². The van der Waals surface area contributed by atoms with E-state index in [0.29, 0.717) is 17.2 Å². The highest BCUT2D eigenvalue weighted by molar-refractivity contribution is 5.97. The SMILES string of the molecule is O=C(O)[C@@H]1[C@H](C(=O)Nc2ccc3c(c2)OCO3)[C@@H]2C=C[C@@H]1O2. The molecule has 7 nitrogen and oxygen atoms in total. The van der Waals surface area contributed by atoms with Gasteiger partial charge in [-0.2, -0.15) is 0 Å². The highest BCUT2D eigenvalue weighted by Crippen LogP contribution is 2.40. The van der Waals surface area contributed by atoms with Crippen molar-refractivity contribution in [2.24, 2.45) is 11.8 Å². The number of anilines is 1. The Labute approximate surface area is 125 Å². The van der Waals surface area contributed by atoms with Gasteiger partial charge in [0.2, 0.25) is 12.7 Å². The maximum Gasteiger partial charge on any atom is 0.310 e. The summed E-state index contributed by atoms with van der Waals surface area (Å²) in [5.74, 6) is -1.82. The van der Waals surface area contributed by atoms with E-state index in [0.717, 1.165) is 0 Å². The van der Waals surface area contributed by atoms with E-state index in [4.69, 9.17) is 14.2 Å². The van der Waals surface area contributed by atoms with E-state index in [2.05, 4.69) is 5.32 Å². The summed E-state index contributed by atoms with van der Waals surface area (Å²) in [4.78, 5) is 23.8. The number of fused-ring (bicyclic) bond motifs is 3. The summed E-state index contributed by atoms with van der Waals surface area (Å²) in [6.07, 6.45) is 2.43. The van der Waals surface area contributed by atoms with E-state index >= 15 is 0 Å². The average molecular weight is 303 g/mol. The molecule has 4 rings (SSSR count). The van der Waals surface area contributed by atoms with Crippen molar-refractivity contribution in [2.45, 2.75) is 12.2 Å². The first-order valence-electron chi connectivity index (χ1n) is 6.90. The number of nitrogens with one attached hydrogen (secondary N) is 1. The Balaban J connectivity index is 1.55. The molecule has 1 saturated heterocycles. The number of rotatable bonds is 3. The number of carboxylic acids is 1. The lowest BCUT2D eigenvalue weighted by Crippen LogP contribution is -2.39. The Morgan fingerprint density at radius 1 is 1.09 bits per heavy atom. The molecule has 0 saturated carbocycles. The predicted molar refractivity (Wildman–Crippen MR) is 73.6 cm³/mol. The zero-order valence-corrected chi connectivity index (χ0v) is 11.4. The third-order valence-corrected chi connectivity index (χ3v) is 4.13. The molecule has 0 unspecified atom stereocenters. The van der Waals surface area contributed by atoms with Crippen LogP contribution in [0.5, 0.6) is 11.5 Å². The molecule has 0 radical (unpaired) electrons. The van der Waals surface area contributed by atoms with E-state index < -0.39 is 30.0 Å². The Morgan fingerprint density at radius 3 is 2.59 bits per heavy atom.